The number of methoxy groups -OCH3 is 2. The standard InChI is InChI=1S/C16H17NO2/c1-9-10(2)15(18-3)16(19-4)14-13(9)11-7-5-6-8-12(11)17-14/h5-8,17H,1-4H3. The lowest BCUT2D eigenvalue weighted by molar-refractivity contribution is 0.356. The maximum absolute atomic E-state index is 5.56. The quantitative estimate of drug-likeness (QED) is 0.752. The van der Waals surface area contributed by atoms with Gasteiger partial charge in [0.05, 0.1) is 19.7 Å². The summed E-state index contributed by atoms with van der Waals surface area (Å²) in [5, 5.41) is 2.44. The summed E-state index contributed by atoms with van der Waals surface area (Å²) in [6.07, 6.45) is 0. The van der Waals surface area contributed by atoms with Gasteiger partial charge in [-0.25, -0.2) is 0 Å². The lowest BCUT2D eigenvalue weighted by atomic mass is 10.0. The van der Waals surface area contributed by atoms with Crippen LogP contribution in [0.5, 0.6) is 11.5 Å². The highest BCUT2D eigenvalue weighted by atomic mass is 16.5. The number of para-hydroxylation sites is 1. The molecule has 98 valence electrons. The third kappa shape index (κ3) is 1.51. The molecule has 0 fully saturated rings. The maximum Gasteiger partial charge on any atom is 0.185 e. The molecule has 3 nitrogen and oxygen atoms in total. The Kier molecular flexibility index (Phi) is 2.63. The molecule has 0 atom stereocenters. The van der Waals surface area contributed by atoms with E-state index in [0.29, 0.717) is 0 Å². The number of rotatable bonds is 2. The van der Waals surface area contributed by atoms with Gasteiger partial charge in [-0.15, -0.1) is 0 Å². The first-order chi connectivity index (χ1) is 9.19. The van der Waals surface area contributed by atoms with Crippen LogP contribution in [0.1, 0.15) is 11.1 Å². The van der Waals surface area contributed by atoms with Crippen molar-refractivity contribution in [3.05, 3.63) is 35.4 Å². The van der Waals surface area contributed by atoms with Crippen LogP contribution in [0.3, 0.4) is 0 Å². The summed E-state index contributed by atoms with van der Waals surface area (Å²) in [5.74, 6) is 1.58. The van der Waals surface area contributed by atoms with Gasteiger partial charge in [0.25, 0.3) is 0 Å². The summed E-state index contributed by atoms with van der Waals surface area (Å²) >= 11 is 0. The first-order valence-corrected chi connectivity index (χ1v) is 6.30. The fourth-order valence-corrected chi connectivity index (χ4v) is 2.78. The van der Waals surface area contributed by atoms with E-state index in [1.165, 1.54) is 16.3 Å². The van der Waals surface area contributed by atoms with Crippen LogP contribution in [0, 0.1) is 13.8 Å². The van der Waals surface area contributed by atoms with Crippen molar-refractivity contribution in [2.75, 3.05) is 14.2 Å². The van der Waals surface area contributed by atoms with Gasteiger partial charge >= 0.3 is 0 Å². The second kappa shape index (κ2) is 4.19. The predicted octanol–water partition coefficient (Wildman–Crippen LogP) is 3.96. The number of aromatic nitrogens is 1. The molecule has 2 aromatic carbocycles. The fourth-order valence-electron chi connectivity index (χ4n) is 2.78. The molecular formula is C16H17NO2. The highest BCUT2D eigenvalue weighted by molar-refractivity contribution is 6.12. The summed E-state index contributed by atoms with van der Waals surface area (Å²) in [5.41, 5.74) is 4.47. The van der Waals surface area contributed by atoms with Crippen molar-refractivity contribution < 1.29 is 9.47 Å². The highest BCUT2D eigenvalue weighted by Gasteiger charge is 2.19. The van der Waals surface area contributed by atoms with Crippen molar-refractivity contribution in [3.63, 3.8) is 0 Å². The van der Waals surface area contributed by atoms with Crippen LogP contribution in [0.2, 0.25) is 0 Å². The van der Waals surface area contributed by atoms with E-state index in [-0.39, 0.29) is 0 Å². The van der Waals surface area contributed by atoms with Gasteiger partial charge in [-0.1, -0.05) is 18.2 Å². The van der Waals surface area contributed by atoms with E-state index in [1.54, 1.807) is 14.2 Å². The summed E-state index contributed by atoms with van der Waals surface area (Å²) in [6.45, 7) is 4.19. The zero-order valence-electron chi connectivity index (χ0n) is 11.6. The molecule has 3 rings (SSSR count). The molecule has 19 heavy (non-hydrogen) atoms. The molecule has 3 heteroatoms. The zero-order valence-corrected chi connectivity index (χ0v) is 11.6. The number of fused-ring (bicyclic) bond motifs is 3. The molecule has 1 heterocycles. The van der Waals surface area contributed by atoms with Gasteiger partial charge in [-0.3, -0.25) is 0 Å². The zero-order chi connectivity index (χ0) is 13.6. The Morgan fingerprint density at radius 2 is 1.58 bits per heavy atom. The van der Waals surface area contributed by atoms with E-state index in [0.717, 1.165) is 28.1 Å². The van der Waals surface area contributed by atoms with Crippen molar-refractivity contribution in [2.45, 2.75) is 13.8 Å². The minimum absolute atomic E-state index is 0.775. The lowest BCUT2D eigenvalue weighted by Crippen LogP contribution is -1.96. The van der Waals surface area contributed by atoms with Gasteiger partial charge in [0.1, 0.15) is 0 Å². The molecule has 0 aliphatic carbocycles. The number of hydrogen-bond acceptors (Lipinski definition) is 2. The largest absolute Gasteiger partial charge is 0.492 e. The number of aryl methyl sites for hydroxylation is 1. The Morgan fingerprint density at radius 1 is 0.895 bits per heavy atom. The molecule has 0 radical (unpaired) electrons. The van der Waals surface area contributed by atoms with Gasteiger partial charge in [-0.05, 0) is 31.0 Å². The molecule has 0 aliphatic heterocycles. The van der Waals surface area contributed by atoms with Crippen LogP contribution in [-0.2, 0) is 0 Å². The Hall–Kier alpha value is -2.16. The molecular weight excluding hydrogens is 238 g/mol. The molecule has 1 aromatic heterocycles. The monoisotopic (exact) mass is 255 g/mol. The van der Waals surface area contributed by atoms with Crippen LogP contribution in [-0.4, -0.2) is 19.2 Å². The summed E-state index contributed by atoms with van der Waals surface area (Å²) in [7, 11) is 3.36. The van der Waals surface area contributed by atoms with Crippen molar-refractivity contribution in [1.29, 1.82) is 0 Å². The number of benzene rings is 2. The van der Waals surface area contributed by atoms with E-state index >= 15 is 0 Å². The second-order valence-corrected chi connectivity index (χ2v) is 4.74. The number of H-pyrrole nitrogens is 1. The molecule has 0 saturated heterocycles. The molecule has 0 aliphatic rings. The lowest BCUT2D eigenvalue weighted by Gasteiger charge is -2.14. The Balaban J connectivity index is 2.59. The SMILES string of the molecule is COc1c(C)c(C)c2c([nH]c3ccccc32)c1OC. The Bertz CT molecular complexity index is 771. The topological polar surface area (TPSA) is 34.2 Å². The number of nitrogens with one attached hydrogen (secondary N) is 1. The predicted molar refractivity (Wildman–Crippen MR) is 78.4 cm³/mol. The molecule has 0 amide bonds. The van der Waals surface area contributed by atoms with Crippen LogP contribution < -0.4 is 9.47 Å². The van der Waals surface area contributed by atoms with Crippen molar-refractivity contribution in [1.82, 2.24) is 4.98 Å². The first kappa shape index (κ1) is 11.9. The van der Waals surface area contributed by atoms with Crippen LogP contribution in [0.25, 0.3) is 21.8 Å². The minimum Gasteiger partial charge on any atom is -0.492 e. The van der Waals surface area contributed by atoms with Gasteiger partial charge in [0.2, 0.25) is 0 Å². The normalized spacial score (nSPS) is 11.2. The molecule has 3 aromatic rings. The first-order valence-electron chi connectivity index (χ1n) is 6.30. The van der Waals surface area contributed by atoms with E-state index < -0.39 is 0 Å². The van der Waals surface area contributed by atoms with Crippen molar-refractivity contribution in [2.24, 2.45) is 0 Å². The van der Waals surface area contributed by atoms with Crippen LogP contribution >= 0.6 is 0 Å². The van der Waals surface area contributed by atoms with E-state index in [2.05, 4.69) is 37.0 Å². The molecule has 1 N–H and O–H groups in total. The summed E-state index contributed by atoms with van der Waals surface area (Å²) in [4.78, 5) is 3.44. The van der Waals surface area contributed by atoms with E-state index in [4.69, 9.17) is 9.47 Å². The van der Waals surface area contributed by atoms with E-state index in [9.17, 15) is 0 Å². The van der Waals surface area contributed by atoms with Gasteiger partial charge in [0, 0.05) is 16.3 Å². The van der Waals surface area contributed by atoms with Crippen LogP contribution in [0.4, 0.5) is 0 Å². The van der Waals surface area contributed by atoms with Gasteiger partial charge < -0.3 is 14.5 Å². The van der Waals surface area contributed by atoms with Crippen molar-refractivity contribution >= 4 is 21.8 Å². The molecule has 0 bridgehead atoms. The molecule has 0 saturated carbocycles. The average molecular weight is 255 g/mol. The third-order valence-electron chi connectivity index (χ3n) is 3.83. The molecule has 0 unspecified atom stereocenters. The number of aromatic amines is 1. The summed E-state index contributed by atoms with van der Waals surface area (Å²) in [6, 6.07) is 8.30. The smallest absolute Gasteiger partial charge is 0.185 e. The minimum atomic E-state index is 0.775. The second-order valence-electron chi connectivity index (χ2n) is 4.74. The third-order valence-corrected chi connectivity index (χ3v) is 3.83. The van der Waals surface area contributed by atoms with Crippen molar-refractivity contribution in [3.8, 4) is 11.5 Å². The highest BCUT2D eigenvalue weighted by Crippen LogP contribution is 2.43. The maximum atomic E-state index is 5.56. The van der Waals surface area contributed by atoms with Gasteiger partial charge in [0.15, 0.2) is 11.5 Å². The molecule has 0 spiro atoms. The number of hydrogen-bond donors (Lipinski definition) is 1. The summed E-state index contributed by atoms with van der Waals surface area (Å²) < 4.78 is 11.1. The van der Waals surface area contributed by atoms with E-state index in [1.807, 2.05) is 6.07 Å². The Labute approximate surface area is 112 Å². The number of ether oxygens (including phenoxy) is 2. The van der Waals surface area contributed by atoms with Gasteiger partial charge in [-0.2, -0.15) is 0 Å². The van der Waals surface area contributed by atoms with Crippen LogP contribution in [0.15, 0.2) is 24.3 Å². The Morgan fingerprint density at radius 3 is 2.26 bits per heavy atom. The average Bonchev–Trinajstić information content (AvgIpc) is 2.81. The fraction of sp³-hybridized carbons (Fsp3) is 0.250.